The summed E-state index contributed by atoms with van der Waals surface area (Å²) >= 11 is 0. The van der Waals surface area contributed by atoms with Crippen LogP contribution in [-0.2, 0) is 0 Å². The molecule has 2 aromatic carbocycles. The SMILES string of the molecule is COc1ccc2cc(C#Cn3ccnc3)ccc2c1. The van der Waals surface area contributed by atoms with Crippen LogP contribution < -0.4 is 4.74 Å². The molecule has 0 fully saturated rings. The lowest BCUT2D eigenvalue weighted by Crippen LogP contribution is -1.84. The lowest BCUT2D eigenvalue weighted by molar-refractivity contribution is 0.415. The Hall–Kier alpha value is -2.73. The zero-order valence-corrected chi connectivity index (χ0v) is 10.5. The number of fused-ring (bicyclic) bond motifs is 1. The number of rotatable bonds is 1. The molecule has 3 heteroatoms. The van der Waals surface area contributed by atoms with Crippen molar-refractivity contribution in [3.05, 3.63) is 60.7 Å². The van der Waals surface area contributed by atoms with E-state index in [0.29, 0.717) is 0 Å². The molecule has 0 spiro atoms. The van der Waals surface area contributed by atoms with Crippen LogP contribution in [0, 0.1) is 12.0 Å². The minimum Gasteiger partial charge on any atom is -0.497 e. The van der Waals surface area contributed by atoms with Gasteiger partial charge in [-0.25, -0.2) is 4.98 Å². The van der Waals surface area contributed by atoms with E-state index in [-0.39, 0.29) is 0 Å². The van der Waals surface area contributed by atoms with Gasteiger partial charge in [-0.2, -0.15) is 0 Å². The molecule has 0 N–H and O–H groups in total. The molecule has 19 heavy (non-hydrogen) atoms. The second kappa shape index (κ2) is 4.87. The molecule has 0 unspecified atom stereocenters. The molecule has 3 aromatic rings. The molecule has 3 rings (SSSR count). The highest BCUT2D eigenvalue weighted by Crippen LogP contribution is 2.21. The molecule has 0 atom stereocenters. The summed E-state index contributed by atoms with van der Waals surface area (Å²) in [6.07, 6.45) is 5.21. The Morgan fingerprint density at radius 1 is 1.11 bits per heavy atom. The Morgan fingerprint density at radius 3 is 2.74 bits per heavy atom. The maximum atomic E-state index is 5.21. The van der Waals surface area contributed by atoms with E-state index in [1.54, 1.807) is 24.2 Å². The normalized spacial score (nSPS) is 9.95. The van der Waals surface area contributed by atoms with Crippen molar-refractivity contribution in [2.75, 3.05) is 7.11 Å². The third kappa shape index (κ3) is 2.43. The number of benzene rings is 2. The summed E-state index contributed by atoms with van der Waals surface area (Å²) in [5, 5.41) is 2.30. The van der Waals surface area contributed by atoms with Crippen LogP contribution in [0.25, 0.3) is 10.8 Å². The van der Waals surface area contributed by atoms with Crippen LogP contribution in [0.3, 0.4) is 0 Å². The smallest absolute Gasteiger partial charge is 0.119 e. The van der Waals surface area contributed by atoms with Crippen molar-refractivity contribution in [2.24, 2.45) is 0 Å². The second-order valence-corrected chi connectivity index (χ2v) is 4.13. The minimum atomic E-state index is 0.866. The lowest BCUT2D eigenvalue weighted by atomic mass is 10.1. The molecule has 92 valence electrons. The van der Waals surface area contributed by atoms with Gasteiger partial charge < -0.3 is 4.74 Å². The summed E-state index contributed by atoms with van der Waals surface area (Å²) in [5.74, 6) is 3.98. The predicted molar refractivity (Wildman–Crippen MR) is 75.0 cm³/mol. The molecule has 0 aliphatic carbocycles. The van der Waals surface area contributed by atoms with Crippen LogP contribution in [0.1, 0.15) is 5.56 Å². The van der Waals surface area contributed by atoms with Crippen LogP contribution in [-0.4, -0.2) is 16.7 Å². The maximum absolute atomic E-state index is 5.21. The Balaban J connectivity index is 1.98. The Kier molecular flexibility index (Phi) is 2.91. The third-order valence-corrected chi connectivity index (χ3v) is 2.88. The Labute approximate surface area is 111 Å². The van der Waals surface area contributed by atoms with Crippen LogP contribution in [0.15, 0.2) is 55.1 Å². The monoisotopic (exact) mass is 248 g/mol. The molecule has 0 bridgehead atoms. The van der Waals surface area contributed by atoms with Crippen molar-refractivity contribution in [3.8, 4) is 17.7 Å². The van der Waals surface area contributed by atoms with E-state index >= 15 is 0 Å². The molecule has 0 saturated carbocycles. The van der Waals surface area contributed by atoms with Crippen molar-refractivity contribution in [1.29, 1.82) is 0 Å². The van der Waals surface area contributed by atoms with E-state index in [9.17, 15) is 0 Å². The highest BCUT2D eigenvalue weighted by atomic mass is 16.5. The number of ether oxygens (including phenoxy) is 1. The van der Waals surface area contributed by atoms with E-state index in [1.807, 2.05) is 30.5 Å². The molecule has 1 aromatic heterocycles. The van der Waals surface area contributed by atoms with E-state index in [2.05, 4.69) is 29.1 Å². The largest absolute Gasteiger partial charge is 0.497 e. The summed E-state index contributed by atoms with van der Waals surface area (Å²) in [7, 11) is 1.67. The van der Waals surface area contributed by atoms with E-state index in [4.69, 9.17) is 4.74 Å². The van der Waals surface area contributed by atoms with Crippen LogP contribution in [0.2, 0.25) is 0 Å². The van der Waals surface area contributed by atoms with Crippen LogP contribution >= 0.6 is 0 Å². The first-order valence-electron chi connectivity index (χ1n) is 5.93. The summed E-state index contributed by atoms with van der Waals surface area (Å²) < 4.78 is 6.95. The van der Waals surface area contributed by atoms with Crippen molar-refractivity contribution in [3.63, 3.8) is 0 Å². The van der Waals surface area contributed by atoms with Crippen molar-refractivity contribution < 1.29 is 4.74 Å². The van der Waals surface area contributed by atoms with Gasteiger partial charge in [0, 0.05) is 24.0 Å². The van der Waals surface area contributed by atoms with Gasteiger partial charge in [0.15, 0.2) is 0 Å². The fourth-order valence-electron chi connectivity index (χ4n) is 1.88. The standard InChI is InChI=1S/C16H12N2O/c1-19-16-5-4-14-10-13(2-3-15(14)11-16)6-8-18-9-7-17-12-18/h2-5,7,9-12H,1H3. The topological polar surface area (TPSA) is 27.1 Å². The summed E-state index contributed by atoms with van der Waals surface area (Å²) in [5.41, 5.74) is 0.978. The molecular formula is C16H12N2O. The van der Waals surface area contributed by atoms with E-state index < -0.39 is 0 Å². The summed E-state index contributed by atoms with van der Waals surface area (Å²) in [4.78, 5) is 3.95. The van der Waals surface area contributed by atoms with E-state index in [1.165, 1.54) is 0 Å². The first kappa shape index (κ1) is 11.4. The van der Waals surface area contributed by atoms with E-state index in [0.717, 1.165) is 22.1 Å². The second-order valence-electron chi connectivity index (χ2n) is 4.13. The zero-order valence-electron chi connectivity index (χ0n) is 10.5. The maximum Gasteiger partial charge on any atom is 0.119 e. The molecule has 0 saturated heterocycles. The highest BCUT2D eigenvalue weighted by molar-refractivity contribution is 5.85. The Bertz CT molecular complexity index is 764. The van der Waals surface area contributed by atoms with Gasteiger partial charge in [0.2, 0.25) is 0 Å². The first-order valence-corrected chi connectivity index (χ1v) is 5.93. The van der Waals surface area contributed by atoms with Gasteiger partial charge in [-0.1, -0.05) is 12.1 Å². The highest BCUT2D eigenvalue weighted by Gasteiger charge is 1.97. The minimum absolute atomic E-state index is 0.866. The van der Waals surface area contributed by atoms with Gasteiger partial charge in [-0.05, 0) is 41.0 Å². The predicted octanol–water partition coefficient (Wildman–Crippen LogP) is 2.90. The number of aromatic nitrogens is 2. The van der Waals surface area contributed by atoms with Gasteiger partial charge in [-0.15, -0.1) is 0 Å². The number of hydrogen-bond donors (Lipinski definition) is 0. The number of imidazole rings is 1. The number of hydrogen-bond acceptors (Lipinski definition) is 2. The van der Waals surface area contributed by atoms with Crippen LogP contribution in [0.4, 0.5) is 0 Å². The summed E-state index contributed by atoms with van der Waals surface area (Å²) in [6, 6.07) is 15.1. The first-order chi connectivity index (χ1) is 9.35. The number of methoxy groups -OCH3 is 1. The van der Waals surface area contributed by atoms with Crippen molar-refractivity contribution in [1.82, 2.24) is 9.55 Å². The zero-order chi connectivity index (χ0) is 13.1. The number of nitrogens with zero attached hydrogens (tertiary/aromatic N) is 2. The van der Waals surface area contributed by atoms with Gasteiger partial charge in [-0.3, -0.25) is 4.57 Å². The quantitative estimate of drug-likeness (QED) is 0.619. The fraction of sp³-hybridized carbons (Fsp3) is 0.0625. The van der Waals surface area contributed by atoms with Crippen molar-refractivity contribution >= 4 is 10.8 Å². The van der Waals surface area contributed by atoms with Gasteiger partial charge in [0.05, 0.1) is 7.11 Å². The average Bonchev–Trinajstić information content (AvgIpc) is 2.97. The molecule has 3 nitrogen and oxygen atoms in total. The van der Waals surface area contributed by atoms with Crippen molar-refractivity contribution in [2.45, 2.75) is 0 Å². The fourth-order valence-corrected chi connectivity index (χ4v) is 1.88. The molecule has 0 aliphatic rings. The van der Waals surface area contributed by atoms with Gasteiger partial charge in [0.25, 0.3) is 0 Å². The molecule has 0 aliphatic heterocycles. The van der Waals surface area contributed by atoms with Gasteiger partial charge >= 0.3 is 0 Å². The van der Waals surface area contributed by atoms with Gasteiger partial charge in [0.1, 0.15) is 12.1 Å². The lowest BCUT2D eigenvalue weighted by Gasteiger charge is -2.02. The molecular weight excluding hydrogens is 236 g/mol. The third-order valence-electron chi connectivity index (χ3n) is 2.88. The summed E-state index contributed by atoms with van der Waals surface area (Å²) in [6.45, 7) is 0. The average molecular weight is 248 g/mol. The molecule has 1 heterocycles. The molecule has 0 amide bonds. The Morgan fingerprint density at radius 2 is 1.95 bits per heavy atom. The molecule has 0 radical (unpaired) electrons. The van der Waals surface area contributed by atoms with Crippen LogP contribution in [0.5, 0.6) is 5.75 Å².